The Balaban J connectivity index is 1.57. The van der Waals surface area contributed by atoms with Crippen molar-refractivity contribution in [2.75, 3.05) is 26.4 Å². The zero-order valence-electron chi connectivity index (χ0n) is 16.6. The van der Waals surface area contributed by atoms with Crippen molar-refractivity contribution in [3.05, 3.63) is 35.4 Å². The number of ether oxygens (including phenoxy) is 4. The summed E-state index contributed by atoms with van der Waals surface area (Å²) in [4.78, 5) is 26.3. The molecule has 154 valence electrons. The number of carbonyl (C=O) groups excluding carboxylic acids is 2. The molecule has 0 spiro atoms. The van der Waals surface area contributed by atoms with Crippen molar-refractivity contribution < 1.29 is 28.5 Å². The second-order valence-corrected chi connectivity index (χ2v) is 8.36. The van der Waals surface area contributed by atoms with E-state index in [4.69, 9.17) is 18.9 Å². The first kappa shape index (κ1) is 17.8. The molecule has 2 aromatic rings. The maximum Gasteiger partial charge on any atom is 0.166 e. The zero-order valence-corrected chi connectivity index (χ0v) is 16.6. The van der Waals surface area contributed by atoms with Crippen molar-refractivity contribution in [1.82, 2.24) is 0 Å². The molecular weight excluding hydrogens is 384 g/mol. The van der Waals surface area contributed by atoms with Gasteiger partial charge < -0.3 is 18.9 Å². The second-order valence-electron chi connectivity index (χ2n) is 8.36. The number of hydrogen-bond donors (Lipinski definition) is 0. The Hall–Kier alpha value is -3.02. The Kier molecular flexibility index (Phi) is 4.01. The fraction of sp³-hybridized carbons (Fsp3) is 0.417. The van der Waals surface area contributed by atoms with Gasteiger partial charge in [-0.25, -0.2) is 0 Å². The van der Waals surface area contributed by atoms with Gasteiger partial charge in [-0.2, -0.15) is 0 Å². The van der Waals surface area contributed by atoms with E-state index >= 15 is 0 Å². The summed E-state index contributed by atoms with van der Waals surface area (Å²) in [5, 5.41) is 0. The lowest BCUT2D eigenvalue weighted by molar-refractivity contribution is 0.0957. The predicted octanol–water partition coefficient (Wildman–Crippen LogP) is 4.08. The molecule has 30 heavy (non-hydrogen) atoms. The molecule has 0 radical (unpaired) electrons. The van der Waals surface area contributed by atoms with Gasteiger partial charge in [-0.05, 0) is 61.1 Å². The summed E-state index contributed by atoms with van der Waals surface area (Å²) in [6.07, 6.45) is 3.62. The molecule has 2 heterocycles. The molecule has 4 aliphatic rings. The molecular formula is C24H22O6. The summed E-state index contributed by atoms with van der Waals surface area (Å²) in [6, 6.07) is 7.26. The van der Waals surface area contributed by atoms with E-state index in [1.165, 1.54) is 0 Å². The van der Waals surface area contributed by atoms with Crippen molar-refractivity contribution in [2.24, 2.45) is 11.8 Å². The molecule has 2 saturated carbocycles. The van der Waals surface area contributed by atoms with Crippen molar-refractivity contribution in [2.45, 2.75) is 25.7 Å². The SMILES string of the molecule is O=C(c1cc2c(cc1-c1cc3c(cc1C(=O)C1CC1)OCCO3)OCCO2)C1CC1. The molecule has 6 heteroatoms. The molecule has 0 unspecified atom stereocenters. The normalized spacial score (nSPS) is 19.3. The average Bonchev–Trinajstić information content (AvgIpc) is 3.69. The first-order chi connectivity index (χ1) is 14.7. The molecule has 0 aromatic heterocycles. The third-order valence-corrected chi connectivity index (χ3v) is 6.08. The van der Waals surface area contributed by atoms with Gasteiger partial charge in [0.05, 0.1) is 0 Å². The quantitative estimate of drug-likeness (QED) is 0.697. The smallest absolute Gasteiger partial charge is 0.166 e. The Morgan fingerprint density at radius 2 is 0.900 bits per heavy atom. The lowest BCUT2D eigenvalue weighted by Crippen LogP contribution is -2.18. The standard InChI is InChI=1S/C24H22O6/c25-23(13-1-2-13)17-11-21-19(27-5-7-29-21)9-15(17)16-10-20-22(30-8-6-28-20)12-18(16)24(26)14-3-4-14/h9-14H,1-8H2. The monoisotopic (exact) mass is 406 g/mol. The van der Waals surface area contributed by atoms with Crippen molar-refractivity contribution >= 4 is 11.6 Å². The van der Waals surface area contributed by atoms with E-state index < -0.39 is 0 Å². The molecule has 0 N–H and O–H groups in total. The van der Waals surface area contributed by atoms with Crippen LogP contribution in [0.25, 0.3) is 11.1 Å². The van der Waals surface area contributed by atoms with Crippen LogP contribution in [0.1, 0.15) is 46.4 Å². The second kappa shape index (κ2) is 6.76. The molecule has 2 aliphatic heterocycles. The fourth-order valence-electron chi connectivity index (χ4n) is 4.16. The summed E-state index contributed by atoms with van der Waals surface area (Å²) in [6.45, 7) is 1.83. The van der Waals surface area contributed by atoms with Crippen LogP contribution in [0.15, 0.2) is 24.3 Å². The summed E-state index contributed by atoms with van der Waals surface area (Å²) in [7, 11) is 0. The highest BCUT2D eigenvalue weighted by Crippen LogP contribution is 2.46. The van der Waals surface area contributed by atoms with E-state index in [9.17, 15) is 9.59 Å². The van der Waals surface area contributed by atoms with Crippen LogP contribution in [0.4, 0.5) is 0 Å². The Morgan fingerprint density at radius 3 is 1.23 bits per heavy atom. The van der Waals surface area contributed by atoms with Crippen LogP contribution in [0.2, 0.25) is 0 Å². The minimum absolute atomic E-state index is 0.0473. The number of fused-ring (bicyclic) bond motifs is 2. The zero-order chi connectivity index (χ0) is 20.2. The minimum Gasteiger partial charge on any atom is -0.486 e. The van der Waals surface area contributed by atoms with Crippen LogP contribution in [-0.4, -0.2) is 38.0 Å². The number of benzene rings is 2. The Bertz CT molecular complexity index is 978. The van der Waals surface area contributed by atoms with E-state index in [0.29, 0.717) is 71.7 Å². The topological polar surface area (TPSA) is 71.1 Å². The van der Waals surface area contributed by atoms with Gasteiger partial charge in [-0.15, -0.1) is 0 Å². The van der Waals surface area contributed by atoms with E-state index in [2.05, 4.69) is 0 Å². The first-order valence-corrected chi connectivity index (χ1v) is 10.6. The Labute approximate surface area is 174 Å². The van der Waals surface area contributed by atoms with Crippen LogP contribution in [-0.2, 0) is 0 Å². The van der Waals surface area contributed by atoms with Gasteiger partial charge in [0.1, 0.15) is 26.4 Å². The van der Waals surface area contributed by atoms with Gasteiger partial charge in [-0.3, -0.25) is 9.59 Å². The molecule has 6 rings (SSSR count). The fourth-order valence-corrected chi connectivity index (χ4v) is 4.16. The van der Waals surface area contributed by atoms with Crippen LogP contribution in [0, 0.1) is 11.8 Å². The van der Waals surface area contributed by atoms with Gasteiger partial charge in [0.15, 0.2) is 34.6 Å². The van der Waals surface area contributed by atoms with Gasteiger partial charge in [0, 0.05) is 23.0 Å². The van der Waals surface area contributed by atoms with Crippen molar-refractivity contribution in [3.63, 3.8) is 0 Å². The number of Topliss-reactive ketones (excluding diaryl/α,β-unsaturated/α-hetero) is 2. The summed E-state index contributed by atoms with van der Waals surface area (Å²) < 4.78 is 23.0. The van der Waals surface area contributed by atoms with E-state index in [0.717, 1.165) is 25.7 Å². The maximum absolute atomic E-state index is 13.2. The van der Waals surface area contributed by atoms with Crippen LogP contribution < -0.4 is 18.9 Å². The summed E-state index contributed by atoms with van der Waals surface area (Å²) >= 11 is 0. The molecule has 0 saturated heterocycles. The van der Waals surface area contributed by atoms with Gasteiger partial charge in [-0.1, -0.05) is 0 Å². The lowest BCUT2D eigenvalue weighted by atomic mass is 9.89. The number of carbonyl (C=O) groups is 2. The third kappa shape index (κ3) is 3.02. The van der Waals surface area contributed by atoms with Crippen LogP contribution in [0.3, 0.4) is 0 Å². The van der Waals surface area contributed by atoms with Gasteiger partial charge in [0.2, 0.25) is 0 Å². The number of ketones is 2. The highest BCUT2D eigenvalue weighted by atomic mass is 16.6. The highest BCUT2D eigenvalue weighted by Gasteiger charge is 2.36. The molecule has 0 bridgehead atoms. The van der Waals surface area contributed by atoms with E-state index in [-0.39, 0.29) is 23.4 Å². The predicted molar refractivity (Wildman–Crippen MR) is 108 cm³/mol. The molecule has 6 nitrogen and oxygen atoms in total. The van der Waals surface area contributed by atoms with E-state index in [1.54, 1.807) is 12.1 Å². The molecule has 2 aliphatic carbocycles. The largest absolute Gasteiger partial charge is 0.486 e. The maximum atomic E-state index is 13.2. The van der Waals surface area contributed by atoms with Gasteiger partial charge in [0.25, 0.3) is 0 Å². The van der Waals surface area contributed by atoms with Crippen LogP contribution >= 0.6 is 0 Å². The average molecular weight is 406 g/mol. The first-order valence-electron chi connectivity index (χ1n) is 10.6. The summed E-state index contributed by atoms with van der Waals surface area (Å²) in [5.74, 6) is 2.66. The number of hydrogen-bond acceptors (Lipinski definition) is 6. The lowest BCUT2D eigenvalue weighted by Gasteiger charge is -2.24. The molecule has 0 amide bonds. The molecule has 2 aromatic carbocycles. The van der Waals surface area contributed by atoms with E-state index in [1.807, 2.05) is 12.1 Å². The van der Waals surface area contributed by atoms with Gasteiger partial charge >= 0.3 is 0 Å². The Morgan fingerprint density at radius 1 is 0.567 bits per heavy atom. The summed E-state index contributed by atoms with van der Waals surface area (Å²) in [5.41, 5.74) is 2.58. The van der Waals surface area contributed by atoms with Crippen molar-refractivity contribution in [3.8, 4) is 34.1 Å². The van der Waals surface area contributed by atoms with Crippen LogP contribution in [0.5, 0.6) is 23.0 Å². The van der Waals surface area contributed by atoms with Crippen molar-refractivity contribution in [1.29, 1.82) is 0 Å². The third-order valence-electron chi connectivity index (χ3n) is 6.08. The molecule has 2 fully saturated rings. The minimum atomic E-state index is 0.0473. The molecule has 0 atom stereocenters. The highest BCUT2D eigenvalue weighted by molar-refractivity contribution is 6.10. The number of rotatable bonds is 5.